The van der Waals surface area contributed by atoms with Crippen molar-refractivity contribution in [2.45, 2.75) is 0 Å². The van der Waals surface area contributed by atoms with E-state index in [2.05, 4.69) is 6.07 Å². The number of halogens is 1. The molecule has 2 rings (SSSR count). The molecule has 0 bridgehead atoms. The van der Waals surface area contributed by atoms with Crippen LogP contribution in [0.2, 0.25) is 5.02 Å². The molecular formula is C14H13ClNO3Y-. The van der Waals surface area contributed by atoms with Gasteiger partial charge in [-0.3, -0.25) is 4.79 Å². The minimum absolute atomic E-state index is 0. The molecule has 20 heavy (non-hydrogen) atoms. The zero-order valence-corrected chi connectivity index (χ0v) is 14.8. The Morgan fingerprint density at radius 3 is 2.75 bits per heavy atom. The number of aromatic nitrogens is 1. The van der Waals surface area contributed by atoms with Crippen LogP contribution in [0.4, 0.5) is 0 Å². The Hall–Kier alpha value is -0.676. The van der Waals surface area contributed by atoms with E-state index >= 15 is 0 Å². The van der Waals surface area contributed by atoms with Crippen LogP contribution in [-0.2, 0) is 44.5 Å². The average Bonchev–Trinajstić information content (AvgIpc) is 2.40. The van der Waals surface area contributed by atoms with E-state index < -0.39 is 0 Å². The number of benzene rings is 1. The fraction of sp³-hybridized carbons (Fsp3) is 0.214. The summed E-state index contributed by atoms with van der Waals surface area (Å²) in [5, 5.41) is 0.492. The number of methoxy groups -OCH3 is 1. The maximum Gasteiger partial charge on any atom is 0.194 e. The largest absolute Gasteiger partial charge is 0.468 e. The van der Waals surface area contributed by atoms with Gasteiger partial charge in [-0.15, -0.1) is 6.07 Å². The molecular weight excluding hydrogens is 355 g/mol. The third-order valence-corrected chi connectivity index (χ3v) is 2.96. The number of pyridine rings is 1. The van der Waals surface area contributed by atoms with Crippen molar-refractivity contribution in [3.05, 3.63) is 51.8 Å². The van der Waals surface area contributed by atoms with Crippen LogP contribution >= 0.6 is 11.6 Å². The van der Waals surface area contributed by atoms with Crippen LogP contribution < -0.4 is 10.3 Å². The van der Waals surface area contributed by atoms with Gasteiger partial charge >= 0.3 is 0 Å². The first-order valence-corrected chi connectivity index (χ1v) is 6.00. The molecule has 1 aromatic carbocycles. The van der Waals surface area contributed by atoms with Gasteiger partial charge in [0.25, 0.3) is 0 Å². The number of rotatable bonds is 4. The zero-order valence-electron chi connectivity index (χ0n) is 11.2. The van der Waals surface area contributed by atoms with E-state index in [1.807, 2.05) is 0 Å². The van der Waals surface area contributed by atoms with Crippen molar-refractivity contribution in [2.75, 3.05) is 13.9 Å². The molecule has 0 unspecified atom stereocenters. The van der Waals surface area contributed by atoms with E-state index in [9.17, 15) is 4.79 Å². The Labute approximate surface area is 147 Å². The standard InChI is InChI=1S/C14H13ClNO3.Y/c1-16-13(4-3-5-14(16)17)11-7-6-10(8-12(11)15)19-9-18-2;/h3,5-8H,9H2,1-2H3;/q-1;. The summed E-state index contributed by atoms with van der Waals surface area (Å²) in [5.74, 6) is 0.608. The smallest absolute Gasteiger partial charge is 0.194 e. The van der Waals surface area contributed by atoms with Crippen LogP contribution in [0.25, 0.3) is 11.3 Å². The summed E-state index contributed by atoms with van der Waals surface area (Å²) in [4.78, 5) is 11.6. The third-order valence-electron chi connectivity index (χ3n) is 2.65. The summed E-state index contributed by atoms with van der Waals surface area (Å²) >= 11 is 6.21. The van der Waals surface area contributed by atoms with E-state index in [1.165, 1.54) is 10.6 Å². The number of nitrogens with zero attached hydrogens (tertiary/aromatic N) is 1. The molecule has 103 valence electrons. The quantitative estimate of drug-likeness (QED) is 0.616. The van der Waals surface area contributed by atoms with Gasteiger partial charge in [0.05, 0.1) is 0 Å². The second-order valence-corrected chi connectivity index (χ2v) is 4.32. The Balaban J connectivity index is 0.00000200. The van der Waals surface area contributed by atoms with Crippen LogP contribution in [0, 0.1) is 6.07 Å². The van der Waals surface area contributed by atoms with Gasteiger partial charge in [-0.05, 0) is 17.2 Å². The first-order valence-electron chi connectivity index (χ1n) is 5.63. The predicted molar refractivity (Wildman–Crippen MR) is 73.5 cm³/mol. The summed E-state index contributed by atoms with van der Waals surface area (Å²) < 4.78 is 11.6. The van der Waals surface area contributed by atoms with Gasteiger partial charge in [-0.2, -0.15) is 12.1 Å². The minimum atomic E-state index is -0.107. The monoisotopic (exact) mass is 367 g/mol. The van der Waals surface area contributed by atoms with Crippen LogP contribution in [0.3, 0.4) is 0 Å². The predicted octanol–water partition coefficient (Wildman–Crippen LogP) is 2.49. The van der Waals surface area contributed by atoms with Crippen LogP contribution in [0.1, 0.15) is 0 Å². The summed E-state index contributed by atoms with van der Waals surface area (Å²) in [6, 6.07) is 11.3. The molecule has 0 aliphatic rings. The molecule has 0 spiro atoms. The first kappa shape index (κ1) is 17.4. The summed E-state index contributed by atoms with van der Waals surface area (Å²) in [6.07, 6.45) is 0. The van der Waals surface area contributed by atoms with Crippen molar-refractivity contribution in [3.63, 3.8) is 0 Å². The van der Waals surface area contributed by atoms with Crippen molar-refractivity contribution in [1.82, 2.24) is 4.57 Å². The van der Waals surface area contributed by atoms with Crippen molar-refractivity contribution in [2.24, 2.45) is 7.05 Å². The normalized spacial score (nSPS) is 9.95. The van der Waals surface area contributed by atoms with E-state index in [1.54, 1.807) is 38.4 Å². The number of ether oxygens (including phenoxy) is 2. The molecule has 1 heterocycles. The summed E-state index contributed by atoms with van der Waals surface area (Å²) in [5.41, 5.74) is 1.26. The van der Waals surface area contributed by atoms with Gasteiger partial charge in [-0.1, -0.05) is 28.9 Å². The third kappa shape index (κ3) is 3.92. The Morgan fingerprint density at radius 1 is 1.35 bits per heavy atom. The molecule has 0 saturated carbocycles. The Kier molecular flexibility index (Phi) is 6.89. The molecule has 0 aliphatic carbocycles. The molecule has 2 aromatic rings. The van der Waals surface area contributed by atoms with Gasteiger partial charge in [0.15, 0.2) is 12.4 Å². The molecule has 0 saturated heterocycles. The maximum absolute atomic E-state index is 11.6. The van der Waals surface area contributed by atoms with Gasteiger partial charge in [0, 0.05) is 46.9 Å². The zero-order chi connectivity index (χ0) is 13.8. The molecule has 0 aliphatic heterocycles. The van der Waals surface area contributed by atoms with E-state index in [0.717, 1.165) is 5.56 Å². The van der Waals surface area contributed by atoms with Gasteiger partial charge in [0.1, 0.15) is 5.75 Å². The molecule has 1 radical (unpaired) electrons. The van der Waals surface area contributed by atoms with Gasteiger partial charge < -0.3 is 14.0 Å². The number of hydrogen-bond acceptors (Lipinski definition) is 3. The van der Waals surface area contributed by atoms with E-state index in [0.29, 0.717) is 16.5 Å². The fourth-order valence-electron chi connectivity index (χ4n) is 1.67. The second kappa shape index (κ2) is 7.94. The molecule has 0 fully saturated rings. The first-order chi connectivity index (χ1) is 9.13. The van der Waals surface area contributed by atoms with Gasteiger partial charge in [-0.25, -0.2) is 0 Å². The van der Waals surface area contributed by atoms with E-state index in [4.69, 9.17) is 21.1 Å². The molecule has 4 nitrogen and oxygen atoms in total. The van der Waals surface area contributed by atoms with Crippen molar-refractivity contribution >= 4 is 11.6 Å². The SMILES string of the molecule is COCOc1ccc(-c2[c-]ccc(=O)n2C)c(Cl)c1.[Y]. The summed E-state index contributed by atoms with van der Waals surface area (Å²) in [7, 11) is 3.23. The van der Waals surface area contributed by atoms with Crippen LogP contribution in [0.5, 0.6) is 5.75 Å². The molecule has 1 aromatic heterocycles. The van der Waals surface area contributed by atoms with E-state index in [-0.39, 0.29) is 45.1 Å². The maximum atomic E-state index is 11.6. The van der Waals surface area contributed by atoms with Crippen LogP contribution in [0.15, 0.2) is 35.1 Å². The fourth-order valence-corrected chi connectivity index (χ4v) is 1.93. The average molecular weight is 368 g/mol. The second-order valence-electron chi connectivity index (χ2n) is 3.92. The topological polar surface area (TPSA) is 40.5 Å². The molecule has 6 heteroatoms. The van der Waals surface area contributed by atoms with Crippen molar-refractivity contribution in [1.29, 1.82) is 0 Å². The van der Waals surface area contributed by atoms with Gasteiger partial charge in [0.2, 0.25) is 0 Å². The Bertz CT molecular complexity index is 643. The minimum Gasteiger partial charge on any atom is -0.468 e. The summed E-state index contributed by atoms with van der Waals surface area (Å²) in [6.45, 7) is 0.158. The number of hydrogen-bond donors (Lipinski definition) is 0. The Morgan fingerprint density at radius 2 is 2.10 bits per heavy atom. The van der Waals surface area contributed by atoms with Crippen LogP contribution in [-0.4, -0.2) is 18.5 Å². The molecule has 0 atom stereocenters. The molecule has 0 amide bonds. The molecule has 0 N–H and O–H groups in total. The van der Waals surface area contributed by atoms with Crippen molar-refractivity contribution in [3.8, 4) is 17.0 Å². The van der Waals surface area contributed by atoms with Crippen molar-refractivity contribution < 1.29 is 42.2 Å².